The van der Waals surface area contributed by atoms with E-state index in [2.05, 4.69) is 51.7 Å². The Hall–Kier alpha value is -3.28. The van der Waals surface area contributed by atoms with E-state index in [0.29, 0.717) is 17.3 Å². The lowest BCUT2D eigenvalue weighted by atomic mass is 10.2. The predicted molar refractivity (Wildman–Crippen MR) is 104 cm³/mol. The second kappa shape index (κ2) is 7.53. The Morgan fingerprint density at radius 3 is 2.52 bits per heavy atom. The number of nitrogens with one attached hydrogen (secondary N) is 2. The van der Waals surface area contributed by atoms with Crippen LogP contribution in [0.15, 0.2) is 60.9 Å². The molecule has 6 nitrogen and oxygen atoms in total. The average Bonchev–Trinajstić information content (AvgIpc) is 2.64. The van der Waals surface area contributed by atoms with Crippen LogP contribution in [0.5, 0.6) is 0 Å². The van der Waals surface area contributed by atoms with Gasteiger partial charge in [-0.25, -0.2) is 9.97 Å². The first-order valence-electron chi connectivity index (χ1n) is 8.20. The third kappa shape index (κ3) is 3.80. The second-order valence-electron chi connectivity index (χ2n) is 5.66. The third-order valence-electron chi connectivity index (χ3n) is 3.85. The number of aryl methyl sites for hydroxylation is 1. The van der Waals surface area contributed by atoms with Gasteiger partial charge in [0.05, 0.1) is 5.69 Å². The lowest BCUT2D eigenvalue weighted by Gasteiger charge is -2.24. The molecule has 0 aliphatic carbocycles. The molecule has 2 aromatic carbocycles. The minimum absolute atomic E-state index is 0.495. The molecule has 0 spiro atoms. The summed E-state index contributed by atoms with van der Waals surface area (Å²) in [6.45, 7) is 4.88. The Kier molecular flexibility index (Phi) is 4.99. The lowest BCUT2D eigenvalue weighted by Crippen LogP contribution is -2.21. The number of nitrogens with zero attached hydrogens (tertiary/aromatic N) is 3. The standard InChI is InChI=1S/C19H22N6/c1-3-25(16-11-7-8-14(2)12-16)19-17(20)18(21-13-22-19)24-23-15-9-5-4-6-10-15/h4-13,23H,3,20H2,1-2H3,(H,21,22,24). The molecule has 0 radical (unpaired) electrons. The highest BCUT2D eigenvalue weighted by Gasteiger charge is 2.15. The smallest absolute Gasteiger partial charge is 0.173 e. The molecule has 4 N–H and O–H groups in total. The number of rotatable bonds is 6. The van der Waals surface area contributed by atoms with Crippen LogP contribution in [0.3, 0.4) is 0 Å². The van der Waals surface area contributed by atoms with Gasteiger partial charge >= 0.3 is 0 Å². The Balaban J connectivity index is 1.86. The summed E-state index contributed by atoms with van der Waals surface area (Å²) in [5.41, 5.74) is 16.1. The highest BCUT2D eigenvalue weighted by atomic mass is 15.4. The molecule has 128 valence electrons. The molecule has 0 atom stereocenters. The van der Waals surface area contributed by atoms with Crippen molar-refractivity contribution < 1.29 is 0 Å². The van der Waals surface area contributed by atoms with Crippen molar-refractivity contribution in [2.45, 2.75) is 13.8 Å². The fraction of sp³-hybridized carbons (Fsp3) is 0.158. The van der Waals surface area contributed by atoms with E-state index in [1.165, 1.54) is 11.9 Å². The number of aromatic nitrogens is 2. The Bertz CT molecular complexity index is 834. The largest absolute Gasteiger partial charge is 0.393 e. The quantitative estimate of drug-likeness (QED) is 0.592. The minimum Gasteiger partial charge on any atom is -0.393 e. The molecule has 1 heterocycles. The topological polar surface area (TPSA) is 79.1 Å². The summed E-state index contributed by atoms with van der Waals surface area (Å²) < 4.78 is 0. The SMILES string of the molecule is CCN(c1cccc(C)c1)c1ncnc(NNc2ccccc2)c1N. The summed E-state index contributed by atoms with van der Waals surface area (Å²) in [6, 6.07) is 18.0. The Morgan fingerprint density at radius 2 is 1.80 bits per heavy atom. The van der Waals surface area contributed by atoms with Gasteiger partial charge in [-0.2, -0.15) is 0 Å². The van der Waals surface area contributed by atoms with E-state index in [1.807, 2.05) is 42.5 Å². The number of hydrogen-bond donors (Lipinski definition) is 3. The summed E-state index contributed by atoms with van der Waals surface area (Å²) in [7, 11) is 0. The molecule has 0 aliphatic rings. The van der Waals surface area contributed by atoms with E-state index < -0.39 is 0 Å². The zero-order valence-electron chi connectivity index (χ0n) is 14.4. The van der Waals surface area contributed by atoms with Crippen molar-refractivity contribution in [2.75, 3.05) is 28.0 Å². The molecule has 3 aromatic rings. The molecular formula is C19H22N6. The van der Waals surface area contributed by atoms with Crippen LogP contribution in [0.1, 0.15) is 12.5 Å². The van der Waals surface area contributed by atoms with Crippen molar-refractivity contribution >= 4 is 28.7 Å². The maximum absolute atomic E-state index is 6.33. The summed E-state index contributed by atoms with van der Waals surface area (Å²) in [5.74, 6) is 1.22. The fourth-order valence-corrected chi connectivity index (χ4v) is 2.60. The van der Waals surface area contributed by atoms with Crippen molar-refractivity contribution in [1.82, 2.24) is 9.97 Å². The zero-order chi connectivity index (χ0) is 17.6. The highest BCUT2D eigenvalue weighted by Crippen LogP contribution is 2.31. The molecule has 25 heavy (non-hydrogen) atoms. The molecular weight excluding hydrogens is 312 g/mol. The van der Waals surface area contributed by atoms with Gasteiger partial charge in [0.1, 0.15) is 12.0 Å². The van der Waals surface area contributed by atoms with E-state index in [9.17, 15) is 0 Å². The zero-order valence-corrected chi connectivity index (χ0v) is 14.4. The van der Waals surface area contributed by atoms with E-state index in [0.717, 1.165) is 17.9 Å². The number of nitrogens with two attached hydrogens (primary N) is 1. The second-order valence-corrected chi connectivity index (χ2v) is 5.66. The predicted octanol–water partition coefficient (Wildman–Crippen LogP) is 3.96. The molecule has 0 bridgehead atoms. The van der Waals surface area contributed by atoms with Gasteiger partial charge in [-0.15, -0.1) is 0 Å². The minimum atomic E-state index is 0.495. The molecule has 3 rings (SSSR count). The van der Waals surface area contributed by atoms with Gasteiger partial charge in [-0.05, 0) is 43.7 Å². The van der Waals surface area contributed by atoms with Crippen LogP contribution in [0.25, 0.3) is 0 Å². The molecule has 0 aliphatic heterocycles. The van der Waals surface area contributed by atoms with E-state index in [-0.39, 0.29) is 0 Å². The first kappa shape index (κ1) is 16.6. The van der Waals surface area contributed by atoms with Crippen LogP contribution in [-0.4, -0.2) is 16.5 Å². The molecule has 0 fully saturated rings. The normalized spacial score (nSPS) is 10.3. The lowest BCUT2D eigenvalue weighted by molar-refractivity contribution is 0.978. The highest BCUT2D eigenvalue weighted by molar-refractivity contribution is 5.79. The third-order valence-corrected chi connectivity index (χ3v) is 3.85. The Labute approximate surface area is 147 Å². The number of anilines is 5. The summed E-state index contributed by atoms with van der Waals surface area (Å²) >= 11 is 0. The first-order valence-corrected chi connectivity index (χ1v) is 8.20. The van der Waals surface area contributed by atoms with E-state index in [4.69, 9.17) is 5.73 Å². The van der Waals surface area contributed by atoms with Gasteiger partial charge in [-0.3, -0.25) is 10.9 Å². The average molecular weight is 334 g/mol. The van der Waals surface area contributed by atoms with Gasteiger partial charge in [0.2, 0.25) is 0 Å². The van der Waals surface area contributed by atoms with Gasteiger partial charge in [0.15, 0.2) is 11.6 Å². The number of para-hydroxylation sites is 1. The van der Waals surface area contributed by atoms with Gasteiger partial charge in [-0.1, -0.05) is 30.3 Å². The summed E-state index contributed by atoms with van der Waals surface area (Å²) in [5, 5.41) is 0. The van der Waals surface area contributed by atoms with E-state index in [1.54, 1.807) is 0 Å². The number of hydrogen-bond acceptors (Lipinski definition) is 6. The van der Waals surface area contributed by atoms with Gasteiger partial charge in [0.25, 0.3) is 0 Å². The molecule has 1 aromatic heterocycles. The Morgan fingerprint density at radius 1 is 1.00 bits per heavy atom. The van der Waals surface area contributed by atoms with Crippen LogP contribution < -0.4 is 21.5 Å². The maximum atomic E-state index is 6.33. The van der Waals surface area contributed by atoms with Crippen molar-refractivity contribution in [1.29, 1.82) is 0 Å². The van der Waals surface area contributed by atoms with Crippen LogP contribution in [-0.2, 0) is 0 Å². The van der Waals surface area contributed by atoms with Crippen molar-refractivity contribution in [3.05, 3.63) is 66.5 Å². The molecule has 0 amide bonds. The van der Waals surface area contributed by atoms with Crippen LogP contribution in [0.2, 0.25) is 0 Å². The van der Waals surface area contributed by atoms with E-state index >= 15 is 0 Å². The summed E-state index contributed by atoms with van der Waals surface area (Å²) in [6.07, 6.45) is 1.51. The van der Waals surface area contributed by atoms with Gasteiger partial charge in [0, 0.05) is 12.2 Å². The fourth-order valence-electron chi connectivity index (χ4n) is 2.60. The number of benzene rings is 2. The number of hydrazine groups is 1. The van der Waals surface area contributed by atoms with Crippen LogP contribution in [0.4, 0.5) is 28.7 Å². The van der Waals surface area contributed by atoms with Crippen molar-refractivity contribution in [2.24, 2.45) is 0 Å². The molecule has 0 unspecified atom stereocenters. The molecule has 0 saturated heterocycles. The van der Waals surface area contributed by atoms with Gasteiger partial charge < -0.3 is 10.6 Å². The molecule has 6 heteroatoms. The van der Waals surface area contributed by atoms with Crippen LogP contribution in [0, 0.1) is 6.92 Å². The monoisotopic (exact) mass is 334 g/mol. The first-order chi connectivity index (χ1) is 12.2. The summed E-state index contributed by atoms with van der Waals surface area (Å²) in [4.78, 5) is 10.7. The number of nitrogen functional groups attached to an aromatic ring is 1. The van der Waals surface area contributed by atoms with Crippen molar-refractivity contribution in [3.8, 4) is 0 Å². The maximum Gasteiger partial charge on any atom is 0.173 e. The van der Waals surface area contributed by atoms with Crippen molar-refractivity contribution in [3.63, 3.8) is 0 Å². The molecule has 0 saturated carbocycles. The van der Waals surface area contributed by atoms with Crippen LogP contribution >= 0.6 is 0 Å².